The summed E-state index contributed by atoms with van der Waals surface area (Å²) in [4.78, 5) is 8.11. The van der Waals surface area contributed by atoms with Gasteiger partial charge in [0.1, 0.15) is 5.82 Å². The van der Waals surface area contributed by atoms with Crippen LogP contribution in [0.5, 0.6) is 0 Å². The molecule has 0 saturated carbocycles. The van der Waals surface area contributed by atoms with Gasteiger partial charge in [-0.25, -0.2) is 14.6 Å². The average molecular weight is 405 g/mol. The zero-order chi connectivity index (χ0) is 20.4. The molecule has 154 valence electrons. The van der Waals surface area contributed by atoms with Crippen molar-refractivity contribution in [3.8, 4) is 11.4 Å². The van der Waals surface area contributed by atoms with Gasteiger partial charge in [0.25, 0.3) is 0 Å². The normalized spacial score (nSPS) is 17.6. The van der Waals surface area contributed by atoms with E-state index in [0.29, 0.717) is 24.9 Å². The summed E-state index contributed by atoms with van der Waals surface area (Å²) in [6.45, 7) is 3.47. The lowest BCUT2D eigenvalue weighted by atomic mass is 10.1. The van der Waals surface area contributed by atoms with E-state index in [9.17, 15) is 13.2 Å². The van der Waals surface area contributed by atoms with E-state index in [1.165, 1.54) is 16.5 Å². The molecule has 1 saturated heterocycles. The van der Waals surface area contributed by atoms with Crippen molar-refractivity contribution in [2.75, 3.05) is 13.2 Å². The Morgan fingerprint density at radius 2 is 2.00 bits per heavy atom. The van der Waals surface area contributed by atoms with Crippen LogP contribution in [0, 0.1) is 0 Å². The number of ether oxygens (including phenoxy) is 1. The van der Waals surface area contributed by atoms with Crippen LogP contribution in [-0.2, 0) is 23.9 Å². The van der Waals surface area contributed by atoms with Crippen LogP contribution in [0.2, 0.25) is 0 Å². The van der Waals surface area contributed by atoms with Crippen LogP contribution < -0.4 is 0 Å². The fraction of sp³-hybridized carbons (Fsp3) is 0.450. The van der Waals surface area contributed by atoms with E-state index in [2.05, 4.69) is 22.0 Å². The molecule has 2 aromatic heterocycles. The lowest BCUT2D eigenvalue weighted by molar-refractivity contribution is -0.140. The molecule has 0 bridgehead atoms. The molecule has 29 heavy (non-hydrogen) atoms. The van der Waals surface area contributed by atoms with Gasteiger partial charge >= 0.3 is 6.18 Å². The second-order valence-electron chi connectivity index (χ2n) is 7.15. The minimum atomic E-state index is -4.47. The third-order valence-electron chi connectivity index (χ3n) is 5.05. The number of benzene rings is 1. The monoisotopic (exact) mass is 405 g/mol. The average Bonchev–Trinajstić information content (AvgIpc) is 3.36. The summed E-state index contributed by atoms with van der Waals surface area (Å²) in [5.41, 5.74) is 1.17. The fourth-order valence-electron chi connectivity index (χ4n) is 3.44. The van der Waals surface area contributed by atoms with E-state index in [4.69, 9.17) is 4.74 Å². The number of hydrogen-bond donors (Lipinski definition) is 0. The predicted octanol–water partition coefficient (Wildman–Crippen LogP) is 4.12. The van der Waals surface area contributed by atoms with Crippen molar-refractivity contribution in [1.82, 2.24) is 24.3 Å². The molecule has 4 rings (SSSR count). The van der Waals surface area contributed by atoms with Crippen LogP contribution in [0.25, 0.3) is 11.4 Å². The Kier molecular flexibility index (Phi) is 5.40. The Balaban J connectivity index is 1.66. The number of aryl methyl sites for hydroxylation is 1. The minimum Gasteiger partial charge on any atom is -0.379 e. The molecule has 3 aromatic rings. The van der Waals surface area contributed by atoms with Crippen LogP contribution in [-0.4, -0.2) is 37.5 Å². The number of rotatable bonds is 5. The first kappa shape index (κ1) is 19.6. The number of imidazole rings is 1. The molecule has 1 unspecified atom stereocenters. The highest BCUT2D eigenvalue weighted by atomic mass is 19.4. The van der Waals surface area contributed by atoms with Gasteiger partial charge in [0.15, 0.2) is 11.5 Å². The van der Waals surface area contributed by atoms with E-state index in [1.807, 2.05) is 24.3 Å². The lowest BCUT2D eigenvalue weighted by Gasteiger charge is -2.23. The first-order chi connectivity index (χ1) is 13.9. The zero-order valence-electron chi connectivity index (χ0n) is 16.1. The number of nitrogens with zero attached hydrogens (tertiary/aromatic N) is 5. The van der Waals surface area contributed by atoms with Crippen LogP contribution in [0.1, 0.15) is 42.9 Å². The predicted molar refractivity (Wildman–Crippen MR) is 100 cm³/mol. The Morgan fingerprint density at radius 1 is 1.21 bits per heavy atom. The van der Waals surface area contributed by atoms with Gasteiger partial charge in [-0.3, -0.25) is 0 Å². The van der Waals surface area contributed by atoms with E-state index in [-0.39, 0.29) is 12.6 Å². The van der Waals surface area contributed by atoms with Crippen LogP contribution in [0.4, 0.5) is 13.2 Å². The van der Waals surface area contributed by atoms with Crippen molar-refractivity contribution >= 4 is 0 Å². The summed E-state index contributed by atoms with van der Waals surface area (Å²) in [6.07, 6.45) is 0.439. The highest BCUT2D eigenvalue weighted by Crippen LogP contribution is 2.28. The highest BCUT2D eigenvalue weighted by molar-refractivity contribution is 5.55. The topological polar surface area (TPSA) is 57.8 Å². The molecule has 3 heterocycles. The molecule has 9 heteroatoms. The standard InChI is InChI=1S/C20H22F3N5O/c1-2-14-5-7-15(8-6-14)19-25-18(28(26-19)16-4-3-9-29-12-16)11-27-10-17(24-13-27)20(21,22)23/h5-8,10,13,16H,2-4,9,11-12H2,1H3. The van der Waals surface area contributed by atoms with Gasteiger partial charge in [0, 0.05) is 18.4 Å². The van der Waals surface area contributed by atoms with Gasteiger partial charge in [0.2, 0.25) is 0 Å². The van der Waals surface area contributed by atoms with E-state index < -0.39 is 11.9 Å². The van der Waals surface area contributed by atoms with Crippen LogP contribution in [0.3, 0.4) is 0 Å². The van der Waals surface area contributed by atoms with Gasteiger partial charge in [-0.05, 0) is 24.8 Å². The molecule has 0 radical (unpaired) electrons. The fourth-order valence-corrected chi connectivity index (χ4v) is 3.44. The molecule has 6 nitrogen and oxygen atoms in total. The second-order valence-corrected chi connectivity index (χ2v) is 7.15. The summed E-state index contributed by atoms with van der Waals surface area (Å²) in [5, 5.41) is 4.68. The van der Waals surface area contributed by atoms with E-state index in [1.54, 1.807) is 4.68 Å². The van der Waals surface area contributed by atoms with Crippen LogP contribution in [0.15, 0.2) is 36.8 Å². The zero-order valence-corrected chi connectivity index (χ0v) is 16.1. The van der Waals surface area contributed by atoms with Crippen molar-refractivity contribution < 1.29 is 17.9 Å². The summed E-state index contributed by atoms with van der Waals surface area (Å²) in [6, 6.07) is 8.02. The largest absolute Gasteiger partial charge is 0.434 e. The van der Waals surface area contributed by atoms with Gasteiger partial charge in [0.05, 0.1) is 25.5 Å². The summed E-state index contributed by atoms with van der Waals surface area (Å²) >= 11 is 0. The lowest BCUT2D eigenvalue weighted by Crippen LogP contribution is -2.24. The van der Waals surface area contributed by atoms with Gasteiger partial charge in [-0.15, -0.1) is 0 Å². The number of aromatic nitrogens is 5. The number of alkyl halides is 3. The molecular formula is C20H22F3N5O. The molecule has 1 atom stereocenters. The van der Waals surface area contributed by atoms with Crippen molar-refractivity contribution in [1.29, 1.82) is 0 Å². The van der Waals surface area contributed by atoms with Gasteiger partial charge in [-0.1, -0.05) is 31.2 Å². The van der Waals surface area contributed by atoms with Crippen molar-refractivity contribution in [2.45, 2.75) is 44.9 Å². The van der Waals surface area contributed by atoms with E-state index in [0.717, 1.165) is 31.0 Å². The molecule has 0 amide bonds. The van der Waals surface area contributed by atoms with Gasteiger partial charge in [-0.2, -0.15) is 18.3 Å². The van der Waals surface area contributed by atoms with Crippen molar-refractivity contribution in [3.05, 3.63) is 53.9 Å². The molecule has 0 spiro atoms. The van der Waals surface area contributed by atoms with E-state index >= 15 is 0 Å². The maximum absolute atomic E-state index is 12.9. The summed E-state index contributed by atoms with van der Waals surface area (Å²) in [5.74, 6) is 1.14. The van der Waals surface area contributed by atoms with Crippen molar-refractivity contribution in [2.24, 2.45) is 0 Å². The Morgan fingerprint density at radius 3 is 2.62 bits per heavy atom. The van der Waals surface area contributed by atoms with Crippen molar-refractivity contribution in [3.63, 3.8) is 0 Å². The molecule has 1 aliphatic heterocycles. The number of halogens is 3. The third-order valence-corrected chi connectivity index (χ3v) is 5.05. The first-order valence-corrected chi connectivity index (χ1v) is 9.65. The van der Waals surface area contributed by atoms with Gasteiger partial charge < -0.3 is 9.30 Å². The maximum atomic E-state index is 12.9. The Hall–Kier alpha value is -2.68. The SMILES string of the molecule is CCc1ccc(-c2nc(Cn3cnc(C(F)(F)F)c3)n(C3CCCOC3)n2)cc1. The smallest absolute Gasteiger partial charge is 0.379 e. The second kappa shape index (κ2) is 7.98. The quantitative estimate of drug-likeness (QED) is 0.641. The third kappa shape index (κ3) is 4.34. The summed E-state index contributed by atoms with van der Waals surface area (Å²) < 4.78 is 47.4. The Bertz CT molecular complexity index is 955. The molecule has 1 aromatic carbocycles. The van der Waals surface area contributed by atoms with Crippen LogP contribution >= 0.6 is 0 Å². The Labute approximate surface area is 166 Å². The molecule has 0 aliphatic carbocycles. The molecule has 1 aliphatic rings. The molecule has 1 fully saturated rings. The highest BCUT2D eigenvalue weighted by Gasteiger charge is 2.33. The molecule has 0 N–H and O–H groups in total. The number of hydrogen-bond acceptors (Lipinski definition) is 4. The minimum absolute atomic E-state index is 0.0144. The molecular weight excluding hydrogens is 383 g/mol. The summed E-state index contributed by atoms with van der Waals surface area (Å²) in [7, 11) is 0. The maximum Gasteiger partial charge on any atom is 0.434 e. The first-order valence-electron chi connectivity index (χ1n) is 9.65.